The molecule has 0 aromatic rings. The first-order chi connectivity index (χ1) is 6.31. The van der Waals surface area contributed by atoms with Crippen LogP contribution in [0.25, 0.3) is 0 Å². The van der Waals surface area contributed by atoms with Gasteiger partial charge in [-0.15, -0.1) is 0 Å². The van der Waals surface area contributed by atoms with Gasteiger partial charge in [0.1, 0.15) is 0 Å². The van der Waals surface area contributed by atoms with Crippen molar-refractivity contribution in [3.63, 3.8) is 0 Å². The standard InChI is InChI=1S/C11H22N2/c1-10-8-11(4-7-13-9-10)2-5-12-6-3-11/h10,12-13H,2-9H2,1H3. The summed E-state index contributed by atoms with van der Waals surface area (Å²) in [5, 5.41) is 7.02. The Morgan fingerprint density at radius 2 is 1.62 bits per heavy atom. The molecule has 0 aromatic heterocycles. The van der Waals surface area contributed by atoms with Crippen molar-refractivity contribution in [2.75, 3.05) is 26.2 Å². The maximum absolute atomic E-state index is 3.55. The zero-order valence-electron chi connectivity index (χ0n) is 8.73. The average molecular weight is 182 g/mol. The lowest BCUT2D eigenvalue weighted by atomic mass is 9.71. The fourth-order valence-electron chi connectivity index (χ4n) is 3.03. The summed E-state index contributed by atoms with van der Waals surface area (Å²) in [5.41, 5.74) is 0.689. The highest BCUT2D eigenvalue weighted by Gasteiger charge is 2.34. The Hall–Kier alpha value is -0.0800. The fourth-order valence-corrected chi connectivity index (χ4v) is 3.03. The third-order valence-corrected chi connectivity index (χ3v) is 3.77. The Labute approximate surface area is 81.5 Å². The Bertz CT molecular complexity index is 161. The minimum Gasteiger partial charge on any atom is -0.317 e. The van der Waals surface area contributed by atoms with E-state index < -0.39 is 0 Å². The van der Waals surface area contributed by atoms with Crippen molar-refractivity contribution >= 4 is 0 Å². The lowest BCUT2D eigenvalue weighted by Crippen LogP contribution is -2.37. The van der Waals surface area contributed by atoms with Crippen molar-refractivity contribution in [2.24, 2.45) is 11.3 Å². The zero-order chi connectivity index (χ0) is 9.15. The van der Waals surface area contributed by atoms with Crippen LogP contribution in [0.1, 0.15) is 32.6 Å². The lowest BCUT2D eigenvalue weighted by Gasteiger charge is -2.38. The molecule has 76 valence electrons. The molecule has 0 radical (unpaired) electrons. The number of hydrogen-bond acceptors (Lipinski definition) is 2. The van der Waals surface area contributed by atoms with Crippen molar-refractivity contribution in [2.45, 2.75) is 32.6 Å². The molecule has 2 fully saturated rings. The SMILES string of the molecule is CC1CNCCC2(CCNCC2)C1. The molecule has 1 atom stereocenters. The topological polar surface area (TPSA) is 24.1 Å². The maximum Gasteiger partial charge on any atom is -0.00229 e. The molecule has 1 spiro atoms. The van der Waals surface area contributed by atoms with Gasteiger partial charge in [0.15, 0.2) is 0 Å². The van der Waals surface area contributed by atoms with Crippen LogP contribution in [0.2, 0.25) is 0 Å². The monoisotopic (exact) mass is 182 g/mol. The van der Waals surface area contributed by atoms with E-state index in [0.717, 1.165) is 5.92 Å². The second-order valence-electron chi connectivity index (χ2n) is 5.01. The molecule has 2 saturated heterocycles. The number of hydrogen-bond donors (Lipinski definition) is 2. The van der Waals surface area contributed by atoms with Gasteiger partial charge in [0.2, 0.25) is 0 Å². The molecule has 0 amide bonds. The summed E-state index contributed by atoms with van der Waals surface area (Å²) in [5.74, 6) is 0.876. The van der Waals surface area contributed by atoms with Crippen molar-refractivity contribution < 1.29 is 0 Å². The van der Waals surface area contributed by atoms with Crippen molar-refractivity contribution in [3.05, 3.63) is 0 Å². The summed E-state index contributed by atoms with van der Waals surface area (Å²) in [6.07, 6.45) is 5.65. The van der Waals surface area contributed by atoms with Gasteiger partial charge in [-0.1, -0.05) is 6.92 Å². The summed E-state index contributed by atoms with van der Waals surface area (Å²) >= 11 is 0. The minimum absolute atomic E-state index is 0.689. The summed E-state index contributed by atoms with van der Waals surface area (Å²) < 4.78 is 0. The first-order valence-corrected chi connectivity index (χ1v) is 5.72. The number of rotatable bonds is 0. The van der Waals surface area contributed by atoms with Crippen molar-refractivity contribution in [3.8, 4) is 0 Å². The van der Waals surface area contributed by atoms with Crippen LogP contribution in [0.4, 0.5) is 0 Å². The fraction of sp³-hybridized carbons (Fsp3) is 1.00. The highest BCUT2D eigenvalue weighted by Crippen LogP contribution is 2.39. The molecule has 2 aliphatic rings. The van der Waals surface area contributed by atoms with Crippen LogP contribution >= 0.6 is 0 Å². The van der Waals surface area contributed by atoms with Crippen LogP contribution in [-0.2, 0) is 0 Å². The van der Waals surface area contributed by atoms with E-state index in [1.807, 2.05) is 0 Å². The molecule has 0 aromatic carbocycles. The van der Waals surface area contributed by atoms with Gasteiger partial charge in [-0.25, -0.2) is 0 Å². The first kappa shape index (κ1) is 9.47. The lowest BCUT2D eigenvalue weighted by molar-refractivity contribution is 0.159. The van der Waals surface area contributed by atoms with E-state index in [0.29, 0.717) is 5.41 Å². The van der Waals surface area contributed by atoms with E-state index >= 15 is 0 Å². The van der Waals surface area contributed by atoms with Gasteiger partial charge < -0.3 is 10.6 Å². The molecular weight excluding hydrogens is 160 g/mol. The van der Waals surface area contributed by atoms with E-state index in [4.69, 9.17) is 0 Å². The predicted molar refractivity (Wildman–Crippen MR) is 55.8 cm³/mol. The number of piperidine rings is 1. The second-order valence-corrected chi connectivity index (χ2v) is 5.01. The van der Waals surface area contributed by atoms with Gasteiger partial charge >= 0.3 is 0 Å². The van der Waals surface area contributed by atoms with Gasteiger partial charge in [-0.2, -0.15) is 0 Å². The highest BCUT2D eigenvalue weighted by molar-refractivity contribution is 4.88. The number of nitrogens with one attached hydrogen (secondary N) is 2. The first-order valence-electron chi connectivity index (χ1n) is 5.72. The Kier molecular flexibility index (Phi) is 2.89. The van der Waals surface area contributed by atoms with Crippen molar-refractivity contribution in [1.82, 2.24) is 10.6 Å². The Morgan fingerprint density at radius 3 is 2.31 bits per heavy atom. The van der Waals surface area contributed by atoms with Crippen LogP contribution in [0.15, 0.2) is 0 Å². The van der Waals surface area contributed by atoms with E-state index in [-0.39, 0.29) is 0 Å². The Morgan fingerprint density at radius 1 is 1.00 bits per heavy atom. The molecule has 0 saturated carbocycles. The van der Waals surface area contributed by atoms with E-state index in [2.05, 4.69) is 17.6 Å². The third kappa shape index (κ3) is 2.23. The van der Waals surface area contributed by atoms with Crippen molar-refractivity contribution in [1.29, 1.82) is 0 Å². The minimum atomic E-state index is 0.689. The van der Waals surface area contributed by atoms with Crippen LogP contribution in [-0.4, -0.2) is 26.2 Å². The molecule has 2 nitrogen and oxygen atoms in total. The van der Waals surface area contributed by atoms with Gasteiger partial charge in [-0.3, -0.25) is 0 Å². The molecule has 13 heavy (non-hydrogen) atoms. The van der Waals surface area contributed by atoms with Gasteiger partial charge in [0, 0.05) is 0 Å². The average Bonchev–Trinajstić information content (AvgIpc) is 2.29. The summed E-state index contributed by atoms with van der Waals surface area (Å²) in [7, 11) is 0. The van der Waals surface area contributed by atoms with Crippen LogP contribution in [0.3, 0.4) is 0 Å². The molecule has 0 aliphatic carbocycles. The van der Waals surface area contributed by atoms with Crippen LogP contribution in [0.5, 0.6) is 0 Å². The summed E-state index contributed by atoms with van der Waals surface area (Å²) in [6.45, 7) is 7.35. The highest BCUT2D eigenvalue weighted by atomic mass is 14.9. The second kappa shape index (κ2) is 3.97. The van der Waals surface area contributed by atoms with E-state index in [1.54, 1.807) is 0 Å². The molecule has 0 bridgehead atoms. The maximum atomic E-state index is 3.55. The molecule has 2 heteroatoms. The molecule has 2 N–H and O–H groups in total. The zero-order valence-corrected chi connectivity index (χ0v) is 8.73. The van der Waals surface area contributed by atoms with Crippen LogP contribution in [0, 0.1) is 11.3 Å². The smallest absolute Gasteiger partial charge is 0.00229 e. The normalized spacial score (nSPS) is 34.4. The molecule has 1 unspecified atom stereocenters. The van der Waals surface area contributed by atoms with E-state index in [1.165, 1.54) is 51.9 Å². The molecule has 2 rings (SSSR count). The third-order valence-electron chi connectivity index (χ3n) is 3.77. The molecule has 2 aliphatic heterocycles. The van der Waals surface area contributed by atoms with Gasteiger partial charge in [-0.05, 0) is 63.2 Å². The largest absolute Gasteiger partial charge is 0.317 e. The summed E-state index contributed by atoms with van der Waals surface area (Å²) in [4.78, 5) is 0. The van der Waals surface area contributed by atoms with Gasteiger partial charge in [0.25, 0.3) is 0 Å². The molecular formula is C11H22N2. The summed E-state index contributed by atoms with van der Waals surface area (Å²) in [6, 6.07) is 0. The van der Waals surface area contributed by atoms with Crippen LogP contribution < -0.4 is 10.6 Å². The van der Waals surface area contributed by atoms with E-state index in [9.17, 15) is 0 Å². The quantitative estimate of drug-likeness (QED) is 0.591. The molecule has 2 heterocycles. The van der Waals surface area contributed by atoms with Gasteiger partial charge in [0.05, 0.1) is 0 Å². The predicted octanol–water partition coefficient (Wildman–Crippen LogP) is 1.38. The Balaban J connectivity index is 2.00.